The van der Waals surface area contributed by atoms with Crippen molar-refractivity contribution >= 4 is 16.8 Å². The average molecular weight is 292 g/mol. The minimum atomic E-state index is -0.476. The highest BCUT2D eigenvalue weighted by atomic mass is 19.1. The topological polar surface area (TPSA) is 60.3 Å². The van der Waals surface area contributed by atoms with E-state index in [4.69, 9.17) is 4.74 Å². The van der Waals surface area contributed by atoms with Crippen LogP contribution < -0.4 is 10.7 Å². The highest BCUT2D eigenvalue weighted by molar-refractivity contribution is 5.82. The number of carbonyl (C=O) groups is 1. The van der Waals surface area contributed by atoms with Crippen LogP contribution in [-0.2, 0) is 16.1 Å². The number of methoxy groups -OCH3 is 1. The number of amides is 1. The predicted octanol–water partition coefficient (Wildman–Crippen LogP) is 1.29. The Hall–Kier alpha value is -2.21. The first-order chi connectivity index (χ1) is 10.0. The summed E-state index contributed by atoms with van der Waals surface area (Å²) in [4.78, 5) is 23.7. The van der Waals surface area contributed by atoms with Gasteiger partial charge in [-0.25, -0.2) is 4.39 Å². The van der Waals surface area contributed by atoms with Gasteiger partial charge in [0.05, 0.1) is 12.1 Å². The summed E-state index contributed by atoms with van der Waals surface area (Å²) >= 11 is 0. The van der Waals surface area contributed by atoms with Gasteiger partial charge in [-0.2, -0.15) is 0 Å². The normalized spacial score (nSPS) is 12.3. The molecule has 0 fully saturated rings. The SMILES string of the molecule is COCC(C)NC(=O)Cn1ccc(=O)c2cc(F)ccc21. The standard InChI is InChI=1S/C15H17FN2O3/c1-10(9-21-2)17-15(20)8-18-6-5-14(19)12-7-11(16)3-4-13(12)18/h3-7,10H,8-9H2,1-2H3,(H,17,20). The monoisotopic (exact) mass is 292 g/mol. The molecule has 1 atom stereocenters. The molecule has 2 rings (SSSR count). The molecule has 0 radical (unpaired) electrons. The minimum absolute atomic E-state index is 0.0521. The van der Waals surface area contributed by atoms with E-state index in [2.05, 4.69) is 5.32 Å². The molecular weight excluding hydrogens is 275 g/mol. The number of nitrogens with one attached hydrogen (secondary N) is 1. The zero-order valence-corrected chi connectivity index (χ0v) is 11.9. The number of aromatic nitrogens is 1. The lowest BCUT2D eigenvalue weighted by molar-refractivity contribution is -0.122. The Labute approximate surface area is 121 Å². The summed E-state index contributed by atoms with van der Waals surface area (Å²) in [6, 6.07) is 5.17. The zero-order valence-electron chi connectivity index (χ0n) is 11.9. The van der Waals surface area contributed by atoms with Crippen molar-refractivity contribution in [3.8, 4) is 0 Å². The molecule has 0 bridgehead atoms. The van der Waals surface area contributed by atoms with Gasteiger partial charge in [0.15, 0.2) is 5.43 Å². The van der Waals surface area contributed by atoms with Crippen molar-refractivity contribution < 1.29 is 13.9 Å². The van der Waals surface area contributed by atoms with Gasteiger partial charge in [0.2, 0.25) is 5.91 Å². The number of ether oxygens (including phenoxy) is 1. The molecule has 5 nitrogen and oxygen atoms in total. The number of pyridine rings is 1. The molecule has 6 heteroatoms. The van der Waals surface area contributed by atoms with Crippen LogP contribution in [0.15, 0.2) is 35.3 Å². The third-order valence-electron chi connectivity index (χ3n) is 3.08. The Morgan fingerprint density at radius 2 is 2.19 bits per heavy atom. The zero-order chi connectivity index (χ0) is 15.4. The van der Waals surface area contributed by atoms with Crippen molar-refractivity contribution in [3.05, 3.63) is 46.5 Å². The second-order valence-electron chi connectivity index (χ2n) is 4.89. The fourth-order valence-corrected chi connectivity index (χ4v) is 2.19. The van der Waals surface area contributed by atoms with E-state index in [1.807, 2.05) is 6.92 Å². The van der Waals surface area contributed by atoms with Crippen LogP contribution in [0.4, 0.5) is 4.39 Å². The van der Waals surface area contributed by atoms with E-state index in [0.29, 0.717) is 12.1 Å². The molecule has 1 aromatic carbocycles. The fourth-order valence-electron chi connectivity index (χ4n) is 2.19. The molecule has 0 aliphatic rings. The van der Waals surface area contributed by atoms with Gasteiger partial charge in [-0.3, -0.25) is 9.59 Å². The molecule has 1 amide bonds. The maximum Gasteiger partial charge on any atom is 0.240 e. The van der Waals surface area contributed by atoms with Crippen molar-refractivity contribution in [2.45, 2.75) is 19.5 Å². The summed E-state index contributed by atoms with van der Waals surface area (Å²) in [5.74, 6) is -0.677. The van der Waals surface area contributed by atoms with E-state index in [1.165, 1.54) is 30.5 Å². The summed E-state index contributed by atoms with van der Waals surface area (Å²) in [5.41, 5.74) is 0.257. The number of carbonyl (C=O) groups excluding carboxylic acids is 1. The summed E-state index contributed by atoms with van der Waals surface area (Å²) in [6.07, 6.45) is 1.53. The minimum Gasteiger partial charge on any atom is -0.383 e. The van der Waals surface area contributed by atoms with Crippen molar-refractivity contribution in [1.29, 1.82) is 0 Å². The maximum absolute atomic E-state index is 13.2. The lowest BCUT2D eigenvalue weighted by atomic mass is 10.2. The summed E-state index contributed by atoms with van der Waals surface area (Å²) in [5, 5.41) is 3.04. The number of fused-ring (bicyclic) bond motifs is 1. The summed E-state index contributed by atoms with van der Waals surface area (Å²) in [7, 11) is 1.56. The Bertz CT molecular complexity index is 712. The average Bonchev–Trinajstić information content (AvgIpc) is 2.42. The molecule has 0 saturated carbocycles. The van der Waals surface area contributed by atoms with Gasteiger partial charge < -0.3 is 14.6 Å². The number of nitrogens with zero attached hydrogens (tertiary/aromatic N) is 1. The summed E-state index contributed by atoms with van der Waals surface area (Å²) in [6.45, 7) is 2.30. The number of hydrogen-bond acceptors (Lipinski definition) is 3. The molecule has 112 valence electrons. The van der Waals surface area contributed by atoms with Gasteiger partial charge in [-0.05, 0) is 25.1 Å². The predicted molar refractivity (Wildman–Crippen MR) is 77.6 cm³/mol. The van der Waals surface area contributed by atoms with Crippen LogP contribution in [0, 0.1) is 5.82 Å². The van der Waals surface area contributed by atoms with Crippen molar-refractivity contribution in [2.75, 3.05) is 13.7 Å². The first-order valence-electron chi connectivity index (χ1n) is 6.58. The second kappa shape index (κ2) is 6.49. The van der Waals surface area contributed by atoms with Gasteiger partial charge in [-0.1, -0.05) is 0 Å². The van der Waals surface area contributed by atoms with Gasteiger partial charge in [0.25, 0.3) is 0 Å². The molecule has 21 heavy (non-hydrogen) atoms. The smallest absolute Gasteiger partial charge is 0.240 e. The van der Waals surface area contributed by atoms with Crippen LogP contribution in [0.25, 0.3) is 10.9 Å². The number of hydrogen-bond donors (Lipinski definition) is 1. The summed E-state index contributed by atoms with van der Waals surface area (Å²) < 4.78 is 19.8. The van der Waals surface area contributed by atoms with Gasteiger partial charge in [0.1, 0.15) is 12.4 Å². The molecule has 0 aliphatic heterocycles. The first kappa shape index (κ1) is 15.2. The van der Waals surface area contributed by atoms with Gasteiger partial charge in [0, 0.05) is 30.8 Å². The van der Waals surface area contributed by atoms with Crippen molar-refractivity contribution in [3.63, 3.8) is 0 Å². The molecule has 1 unspecified atom stereocenters. The highest BCUT2D eigenvalue weighted by Gasteiger charge is 2.10. The molecule has 2 aromatic rings. The molecule has 1 aromatic heterocycles. The third-order valence-corrected chi connectivity index (χ3v) is 3.08. The molecule has 0 saturated heterocycles. The highest BCUT2D eigenvalue weighted by Crippen LogP contribution is 2.11. The third kappa shape index (κ3) is 3.66. The molecule has 0 aliphatic carbocycles. The Kier molecular flexibility index (Phi) is 4.70. The number of benzene rings is 1. The van der Waals surface area contributed by atoms with E-state index in [0.717, 1.165) is 0 Å². The second-order valence-corrected chi connectivity index (χ2v) is 4.89. The Morgan fingerprint density at radius 1 is 1.43 bits per heavy atom. The lowest BCUT2D eigenvalue weighted by Crippen LogP contribution is -2.37. The molecule has 1 N–H and O–H groups in total. The lowest BCUT2D eigenvalue weighted by Gasteiger charge is -2.15. The van der Waals surface area contributed by atoms with E-state index in [1.54, 1.807) is 11.7 Å². The van der Waals surface area contributed by atoms with Crippen LogP contribution in [0.1, 0.15) is 6.92 Å². The number of rotatable bonds is 5. The van der Waals surface area contributed by atoms with Crippen LogP contribution in [0.3, 0.4) is 0 Å². The van der Waals surface area contributed by atoms with Crippen LogP contribution in [0.2, 0.25) is 0 Å². The van der Waals surface area contributed by atoms with Crippen molar-refractivity contribution in [1.82, 2.24) is 9.88 Å². The van der Waals surface area contributed by atoms with Crippen LogP contribution in [-0.4, -0.2) is 30.2 Å². The quantitative estimate of drug-likeness (QED) is 0.903. The first-order valence-corrected chi connectivity index (χ1v) is 6.58. The van der Waals surface area contributed by atoms with Gasteiger partial charge in [-0.15, -0.1) is 0 Å². The molecule has 0 spiro atoms. The van der Waals surface area contributed by atoms with Gasteiger partial charge >= 0.3 is 0 Å². The fraction of sp³-hybridized carbons (Fsp3) is 0.333. The van der Waals surface area contributed by atoms with E-state index < -0.39 is 5.82 Å². The van der Waals surface area contributed by atoms with E-state index in [9.17, 15) is 14.0 Å². The number of halogens is 1. The largest absolute Gasteiger partial charge is 0.383 e. The van der Waals surface area contributed by atoms with Crippen molar-refractivity contribution in [2.24, 2.45) is 0 Å². The van der Waals surface area contributed by atoms with Crippen LogP contribution >= 0.6 is 0 Å². The van der Waals surface area contributed by atoms with Crippen LogP contribution in [0.5, 0.6) is 0 Å². The molecular formula is C15H17FN2O3. The Balaban J connectivity index is 2.25. The Morgan fingerprint density at radius 3 is 2.90 bits per heavy atom. The van der Waals surface area contributed by atoms with E-state index in [-0.39, 0.29) is 29.3 Å². The molecule has 1 heterocycles. The maximum atomic E-state index is 13.2. The van der Waals surface area contributed by atoms with E-state index >= 15 is 0 Å².